The van der Waals surface area contributed by atoms with Gasteiger partial charge in [-0.3, -0.25) is 5.10 Å². The Kier molecular flexibility index (Phi) is 5.18. The molecule has 0 unspecified atom stereocenters. The second kappa shape index (κ2) is 7.55. The maximum Gasteiger partial charge on any atom is 0.0621 e. The molecule has 4 heteroatoms. The zero-order chi connectivity index (χ0) is 14.9. The fourth-order valence-corrected chi connectivity index (χ4v) is 1.71. The minimum Gasteiger partial charge on any atom is -0.397 e. The first-order valence-electron chi connectivity index (χ1n) is 6.58. The molecule has 5 N–H and O–H groups in total. The van der Waals surface area contributed by atoms with E-state index < -0.39 is 0 Å². The van der Waals surface area contributed by atoms with Crippen molar-refractivity contribution in [3.05, 3.63) is 78.1 Å². The van der Waals surface area contributed by atoms with E-state index in [1.807, 2.05) is 60.7 Å². The van der Waals surface area contributed by atoms with Crippen LogP contribution in [0.25, 0.3) is 12.2 Å². The summed E-state index contributed by atoms with van der Waals surface area (Å²) in [5.74, 6) is 0. The van der Waals surface area contributed by atoms with Crippen LogP contribution in [0.2, 0.25) is 0 Å². The second-order valence-electron chi connectivity index (χ2n) is 4.36. The van der Waals surface area contributed by atoms with Crippen molar-refractivity contribution in [1.82, 2.24) is 10.2 Å². The Balaban J connectivity index is 0.000000272. The van der Waals surface area contributed by atoms with Crippen molar-refractivity contribution in [2.24, 2.45) is 0 Å². The highest BCUT2D eigenvalue weighted by Crippen LogP contribution is 2.21. The normalized spacial score (nSPS) is 10.1. The quantitative estimate of drug-likeness (QED) is 0.496. The Labute approximate surface area is 124 Å². The zero-order valence-electron chi connectivity index (χ0n) is 11.6. The van der Waals surface area contributed by atoms with Crippen LogP contribution in [0.15, 0.2) is 67.0 Å². The molecular weight excluding hydrogens is 260 g/mol. The number of nitrogens with one attached hydrogen (secondary N) is 1. The lowest BCUT2D eigenvalue weighted by atomic mass is 10.1. The van der Waals surface area contributed by atoms with Crippen LogP contribution in [0.3, 0.4) is 0 Å². The molecule has 0 bridgehead atoms. The second-order valence-corrected chi connectivity index (χ2v) is 4.36. The predicted molar refractivity (Wildman–Crippen MR) is 89.2 cm³/mol. The van der Waals surface area contributed by atoms with Crippen molar-refractivity contribution in [2.45, 2.75) is 0 Å². The summed E-state index contributed by atoms with van der Waals surface area (Å²) < 4.78 is 0. The molecule has 2 aromatic carbocycles. The van der Waals surface area contributed by atoms with E-state index >= 15 is 0 Å². The standard InChI is InChI=1S/C14H14N2.C3H4N2/c15-13-8-4-7-12(14(13)16)10-9-11-5-2-1-3-6-11;1-2-4-5-3-1/h1-10H,15-16H2;1-3H,(H,4,5). The van der Waals surface area contributed by atoms with E-state index in [0.29, 0.717) is 11.4 Å². The van der Waals surface area contributed by atoms with Gasteiger partial charge in [-0.05, 0) is 23.3 Å². The molecule has 4 nitrogen and oxygen atoms in total. The SMILES string of the molecule is Nc1cccc(C=Cc2ccccc2)c1N.c1cn[nH]c1. The molecule has 0 fully saturated rings. The average Bonchev–Trinajstić information content (AvgIpc) is 3.09. The molecule has 0 spiro atoms. The van der Waals surface area contributed by atoms with Crippen LogP contribution in [0.5, 0.6) is 0 Å². The van der Waals surface area contributed by atoms with Crippen LogP contribution in [0.1, 0.15) is 11.1 Å². The molecular formula is C17H18N4. The number of H-pyrrole nitrogens is 1. The van der Waals surface area contributed by atoms with Gasteiger partial charge in [-0.2, -0.15) is 5.10 Å². The van der Waals surface area contributed by atoms with Crippen LogP contribution in [0, 0.1) is 0 Å². The van der Waals surface area contributed by atoms with Crippen LogP contribution in [0.4, 0.5) is 11.4 Å². The largest absolute Gasteiger partial charge is 0.397 e. The van der Waals surface area contributed by atoms with Gasteiger partial charge in [-0.25, -0.2) is 0 Å². The number of aromatic amines is 1. The van der Waals surface area contributed by atoms with Gasteiger partial charge in [0.15, 0.2) is 0 Å². The Morgan fingerprint density at radius 2 is 1.67 bits per heavy atom. The van der Waals surface area contributed by atoms with Crippen LogP contribution < -0.4 is 11.5 Å². The van der Waals surface area contributed by atoms with E-state index in [-0.39, 0.29) is 0 Å². The number of nitrogens with zero attached hydrogens (tertiary/aromatic N) is 1. The summed E-state index contributed by atoms with van der Waals surface area (Å²) in [7, 11) is 0. The summed E-state index contributed by atoms with van der Waals surface area (Å²) in [5.41, 5.74) is 14.9. The molecule has 0 atom stereocenters. The van der Waals surface area contributed by atoms with E-state index in [4.69, 9.17) is 11.5 Å². The maximum atomic E-state index is 5.87. The maximum absolute atomic E-state index is 5.87. The minimum atomic E-state index is 0.621. The first-order chi connectivity index (χ1) is 10.3. The van der Waals surface area contributed by atoms with Crippen molar-refractivity contribution >= 4 is 23.5 Å². The Morgan fingerprint density at radius 3 is 2.29 bits per heavy atom. The van der Waals surface area contributed by atoms with Crippen LogP contribution >= 0.6 is 0 Å². The van der Waals surface area contributed by atoms with Gasteiger partial charge in [0.1, 0.15) is 0 Å². The lowest BCUT2D eigenvalue weighted by molar-refractivity contribution is 1.09. The molecule has 0 aliphatic heterocycles. The molecule has 0 amide bonds. The topological polar surface area (TPSA) is 80.7 Å². The lowest BCUT2D eigenvalue weighted by Crippen LogP contribution is -1.96. The number of nitrogen functional groups attached to an aromatic ring is 2. The Bertz CT molecular complexity index is 656. The van der Waals surface area contributed by atoms with Crippen molar-refractivity contribution in [1.29, 1.82) is 0 Å². The summed E-state index contributed by atoms with van der Waals surface area (Å²) in [6.45, 7) is 0. The van der Waals surface area contributed by atoms with Crippen LogP contribution in [-0.4, -0.2) is 10.2 Å². The smallest absolute Gasteiger partial charge is 0.0621 e. The van der Waals surface area contributed by atoms with E-state index in [9.17, 15) is 0 Å². The summed E-state index contributed by atoms with van der Waals surface area (Å²) in [4.78, 5) is 0. The molecule has 21 heavy (non-hydrogen) atoms. The van der Waals surface area contributed by atoms with E-state index in [1.54, 1.807) is 18.5 Å². The predicted octanol–water partition coefficient (Wildman–Crippen LogP) is 3.43. The molecule has 1 aromatic heterocycles. The molecule has 0 aliphatic rings. The van der Waals surface area contributed by atoms with Crippen molar-refractivity contribution in [3.63, 3.8) is 0 Å². The van der Waals surface area contributed by atoms with Gasteiger partial charge >= 0.3 is 0 Å². The summed E-state index contributed by atoms with van der Waals surface area (Å²) >= 11 is 0. The first kappa shape index (κ1) is 14.4. The minimum absolute atomic E-state index is 0.621. The Hall–Kier alpha value is -3.01. The highest BCUT2D eigenvalue weighted by Gasteiger charge is 1.97. The van der Waals surface area contributed by atoms with Gasteiger partial charge in [-0.1, -0.05) is 54.6 Å². The number of nitrogens with two attached hydrogens (primary N) is 2. The summed E-state index contributed by atoms with van der Waals surface area (Å²) in [5, 5.41) is 6.21. The fraction of sp³-hybridized carbons (Fsp3) is 0. The van der Waals surface area contributed by atoms with Gasteiger partial charge in [-0.15, -0.1) is 0 Å². The Morgan fingerprint density at radius 1 is 0.857 bits per heavy atom. The number of para-hydroxylation sites is 1. The van der Waals surface area contributed by atoms with Crippen molar-refractivity contribution < 1.29 is 0 Å². The third-order valence-electron chi connectivity index (χ3n) is 2.83. The van der Waals surface area contributed by atoms with Crippen LogP contribution in [-0.2, 0) is 0 Å². The molecule has 1 heterocycles. The molecule has 3 aromatic rings. The summed E-state index contributed by atoms with van der Waals surface area (Å²) in [6, 6.07) is 17.6. The van der Waals surface area contributed by atoms with Crippen molar-refractivity contribution in [3.8, 4) is 0 Å². The number of aromatic nitrogens is 2. The number of rotatable bonds is 2. The third-order valence-corrected chi connectivity index (χ3v) is 2.83. The zero-order valence-corrected chi connectivity index (χ0v) is 11.6. The highest BCUT2D eigenvalue weighted by molar-refractivity contribution is 5.81. The third kappa shape index (κ3) is 4.54. The van der Waals surface area contributed by atoms with E-state index in [0.717, 1.165) is 11.1 Å². The number of hydrogen-bond donors (Lipinski definition) is 3. The molecule has 0 radical (unpaired) electrons. The van der Waals surface area contributed by atoms with E-state index in [1.165, 1.54) is 0 Å². The molecule has 3 rings (SSSR count). The average molecular weight is 278 g/mol. The lowest BCUT2D eigenvalue weighted by Gasteiger charge is -2.03. The molecule has 0 aliphatic carbocycles. The number of benzene rings is 2. The van der Waals surface area contributed by atoms with Gasteiger partial charge in [0.2, 0.25) is 0 Å². The van der Waals surface area contributed by atoms with Crippen molar-refractivity contribution in [2.75, 3.05) is 11.5 Å². The number of hydrogen-bond acceptors (Lipinski definition) is 3. The summed E-state index contributed by atoms with van der Waals surface area (Å²) in [6.07, 6.45) is 7.45. The van der Waals surface area contributed by atoms with Gasteiger partial charge in [0.25, 0.3) is 0 Å². The van der Waals surface area contributed by atoms with Gasteiger partial charge in [0, 0.05) is 12.4 Å². The number of anilines is 2. The van der Waals surface area contributed by atoms with E-state index in [2.05, 4.69) is 10.2 Å². The van der Waals surface area contributed by atoms with Gasteiger partial charge in [0.05, 0.1) is 11.4 Å². The first-order valence-corrected chi connectivity index (χ1v) is 6.58. The highest BCUT2D eigenvalue weighted by atomic mass is 15.1. The van der Waals surface area contributed by atoms with Gasteiger partial charge < -0.3 is 11.5 Å². The monoisotopic (exact) mass is 278 g/mol. The fourth-order valence-electron chi connectivity index (χ4n) is 1.71. The molecule has 106 valence electrons. The molecule has 0 saturated carbocycles. The molecule has 0 saturated heterocycles.